The van der Waals surface area contributed by atoms with Gasteiger partial charge in [-0.1, -0.05) is 35.0 Å². The van der Waals surface area contributed by atoms with Crippen LogP contribution < -0.4 is 16.0 Å². The third-order valence-corrected chi connectivity index (χ3v) is 3.44. The van der Waals surface area contributed by atoms with Crippen molar-refractivity contribution < 1.29 is 9.59 Å². The molecule has 2 amide bonds. The van der Waals surface area contributed by atoms with Gasteiger partial charge in [-0.05, 0) is 24.2 Å². The summed E-state index contributed by atoms with van der Waals surface area (Å²) in [5.74, 6) is -0.224. The Balaban J connectivity index is 0.00000441. The first-order valence-electron chi connectivity index (χ1n) is 7.03. The normalized spacial score (nSPS) is 11.2. The molecule has 0 bridgehead atoms. The van der Waals surface area contributed by atoms with Gasteiger partial charge in [0.15, 0.2) is 0 Å². The predicted octanol–water partition coefficient (Wildman–Crippen LogP) is 2.16. The molecule has 124 valence electrons. The average Bonchev–Trinajstić information content (AvgIpc) is 2.43. The molecule has 0 aliphatic carbocycles. The van der Waals surface area contributed by atoms with Gasteiger partial charge in [0, 0.05) is 24.5 Å². The molecule has 3 N–H and O–H groups in total. The summed E-state index contributed by atoms with van der Waals surface area (Å²) < 4.78 is 0.961. The van der Waals surface area contributed by atoms with Gasteiger partial charge < -0.3 is 16.0 Å². The van der Waals surface area contributed by atoms with Crippen LogP contribution in [-0.4, -0.2) is 31.4 Å². The number of carbonyl (C=O) groups is 2. The number of carbonyl (C=O) groups excluding carboxylic acids is 2. The number of hydrogen-bond acceptors (Lipinski definition) is 3. The van der Waals surface area contributed by atoms with Gasteiger partial charge in [-0.15, -0.1) is 12.4 Å². The molecule has 0 saturated heterocycles. The van der Waals surface area contributed by atoms with Gasteiger partial charge in [-0.3, -0.25) is 9.59 Å². The second-order valence-corrected chi connectivity index (χ2v) is 5.63. The topological polar surface area (TPSA) is 70.2 Å². The highest BCUT2D eigenvalue weighted by molar-refractivity contribution is 9.10. The Hall–Kier alpha value is -1.11. The number of likely N-dealkylation sites (N-methyl/N-ethyl adjacent to an activating group) is 1. The van der Waals surface area contributed by atoms with E-state index in [1.807, 2.05) is 31.2 Å². The van der Waals surface area contributed by atoms with Crippen LogP contribution in [0.3, 0.4) is 0 Å². The average molecular weight is 393 g/mol. The van der Waals surface area contributed by atoms with Crippen LogP contribution >= 0.6 is 28.3 Å². The summed E-state index contributed by atoms with van der Waals surface area (Å²) in [6.07, 6.45) is 0.230. The molecule has 1 unspecified atom stereocenters. The zero-order valence-electron chi connectivity index (χ0n) is 12.8. The van der Waals surface area contributed by atoms with Crippen molar-refractivity contribution in [2.45, 2.75) is 26.3 Å². The molecule has 1 aromatic rings. The minimum atomic E-state index is -0.310. The number of nitrogens with one attached hydrogen (secondary N) is 3. The number of amides is 2. The molecule has 1 aromatic carbocycles. The third kappa shape index (κ3) is 8.36. The van der Waals surface area contributed by atoms with E-state index >= 15 is 0 Å². The molecular weight excluding hydrogens is 370 g/mol. The van der Waals surface area contributed by atoms with E-state index in [-0.39, 0.29) is 36.7 Å². The minimum Gasteiger partial charge on any atom is -0.355 e. The first-order valence-corrected chi connectivity index (χ1v) is 7.82. The van der Waals surface area contributed by atoms with Crippen molar-refractivity contribution in [1.29, 1.82) is 0 Å². The Kier molecular flexibility index (Phi) is 10.9. The molecule has 0 spiro atoms. The zero-order valence-corrected chi connectivity index (χ0v) is 15.2. The van der Waals surface area contributed by atoms with Gasteiger partial charge in [-0.25, -0.2) is 0 Å². The van der Waals surface area contributed by atoms with Crippen LogP contribution in [0, 0.1) is 0 Å². The van der Waals surface area contributed by atoms with Gasteiger partial charge in [0.25, 0.3) is 0 Å². The van der Waals surface area contributed by atoms with Crippen LogP contribution in [0.5, 0.6) is 0 Å². The summed E-state index contributed by atoms with van der Waals surface area (Å²) in [7, 11) is 0. The van der Waals surface area contributed by atoms with E-state index < -0.39 is 0 Å². The molecule has 1 atom stereocenters. The Bertz CT molecular complexity index is 468. The highest BCUT2D eigenvalue weighted by atomic mass is 79.9. The number of benzene rings is 1. The zero-order chi connectivity index (χ0) is 15.7. The monoisotopic (exact) mass is 391 g/mol. The van der Waals surface area contributed by atoms with Crippen LogP contribution in [-0.2, 0) is 9.59 Å². The molecule has 0 saturated carbocycles. The van der Waals surface area contributed by atoms with E-state index in [0.29, 0.717) is 6.54 Å². The van der Waals surface area contributed by atoms with Crippen molar-refractivity contribution in [2.75, 3.05) is 19.6 Å². The van der Waals surface area contributed by atoms with Crippen molar-refractivity contribution in [3.8, 4) is 0 Å². The summed E-state index contributed by atoms with van der Waals surface area (Å²) in [5, 5.41) is 8.80. The maximum Gasteiger partial charge on any atom is 0.222 e. The van der Waals surface area contributed by atoms with Gasteiger partial charge in [0.1, 0.15) is 0 Å². The quantitative estimate of drug-likeness (QED) is 0.594. The molecule has 22 heavy (non-hydrogen) atoms. The lowest BCUT2D eigenvalue weighted by Gasteiger charge is -2.18. The van der Waals surface area contributed by atoms with Crippen molar-refractivity contribution in [2.24, 2.45) is 0 Å². The highest BCUT2D eigenvalue weighted by Gasteiger charge is 2.16. The molecule has 0 heterocycles. The predicted molar refractivity (Wildman–Crippen MR) is 94.1 cm³/mol. The molecule has 5 nitrogen and oxygen atoms in total. The fourth-order valence-corrected chi connectivity index (χ4v) is 2.18. The van der Waals surface area contributed by atoms with Gasteiger partial charge in [0.05, 0.1) is 12.5 Å². The van der Waals surface area contributed by atoms with E-state index in [1.165, 1.54) is 6.92 Å². The van der Waals surface area contributed by atoms with Gasteiger partial charge in [-0.2, -0.15) is 0 Å². The summed E-state index contributed by atoms with van der Waals surface area (Å²) in [5.41, 5.74) is 0.912. The lowest BCUT2D eigenvalue weighted by Crippen LogP contribution is -2.35. The summed E-state index contributed by atoms with van der Waals surface area (Å²) in [4.78, 5) is 23.3. The van der Waals surface area contributed by atoms with Crippen molar-refractivity contribution in [3.63, 3.8) is 0 Å². The molecule has 0 aliphatic rings. The van der Waals surface area contributed by atoms with E-state index in [1.54, 1.807) is 0 Å². The van der Waals surface area contributed by atoms with E-state index in [0.717, 1.165) is 23.1 Å². The SMILES string of the molecule is CCNCCNC(=O)CC(NC(C)=O)c1ccc(Br)cc1.Cl. The smallest absolute Gasteiger partial charge is 0.222 e. The second-order valence-electron chi connectivity index (χ2n) is 4.71. The lowest BCUT2D eigenvalue weighted by atomic mass is 10.0. The van der Waals surface area contributed by atoms with Crippen molar-refractivity contribution in [1.82, 2.24) is 16.0 Å². The number of rotatable bonds is 8. The summed E-state index contributed by atoms with van der Waals surface area (Å²) in [6.45, 7) is 5.67. The van der Waals surface area contributed by atoms with Gasteiger partial charge in [0.2, 0.25) is 11.8 Å². The van der Waals surface area contributed by atoms with Crippen LogP contribution in [0.1, 0.15) is 31.9 Å². The second kappa shape index (κ2) is 11.5. The van der Waals surface area contributed by atoms with Crippen LogP contribution in [0.2, 0.25) is 0 Å². The lowest BCUT2D eigenvalue weighted by molar-refractivity contribution is -0.122. The number of hydrogen-bond donors (Lipinski definition) is 3. The summed E-state index contributed by atoms with van der Waals surface area (Å²) in [6, 6.07) is 7.28. The first-order chi connectivity index (χ1) is 10.0. The molecule has 0 fully saturated rings. The summed E-state index contributed by atoms with van der Waals surface area (Å²) >= 11 is 3.37. The van der Waals surface area contributed by atoms with E-state index in [9.17, 15) is 9.59 Å². The maximum atomic E-state index is 11.9. The van der Waals surface area contributed by atoms with Crippen LogP contribution in [0.25, 0.3) is 0 Å². The molecule has 0 aliphatic heterocycles. The molecule has 0 aromatic heterocycles. The highest BCUT2D eigenvalue weighted by Crippen LogP contribution is 2.19. The van der Waals surface area contributed by atoms with E-state index in [4.69, 9.17) is 0 Å². The molecular formula is C15H23BrClN3O2. The maximum absolute atomic E-state index is 11.9. The van der Waals surface area contributed by atoms with Crippen molar-refractivity contribution in [3.05, 3.63) is 34.3 Å². The van der Waals surface area contributed by atoms with E-state index in [2.05, 4.69) is 31.9 Å². The Labute approximate surface area is 146 Å². The number of halogens is 2. The molecule has 7 heteroatoms. The standard InChI is InChI=1S/C15H22BrN3O2.ClH/c1-3-17-8-9-18-15(21)10-14(19-11(2)20)12-4-6-13(16)7-5-12;/h4-7,14,17H,3,8-10H2,1-2H3,(H,18,21)(H,19,20);1H. The molecule has 1 rings (SSSR count). The Morgan fingerprint density at radius 2 is 1.82 bits per heavy atom. The van der Waals surface area contributed by atoms with Gasteiger partial charge >= 0.3 is 0 Å². The fourth-order valence-electron chi connectivity index (χ4n) is 1.92. The van der Waals surface area contributed by atoms with Crippen molar-refractivity contribution >= 4 is 40.2 Å². The van der Waals surface area contributed by atoms with Crippen LogP contribution in [0.4, 0.5) is 0 Å². The third-order valence-electron chi connectivity index (χ3n) is 2.91. The fraction of sp³-hybridized carbons (Fsp3) is 0.467. The molecule has 0 radical (unpaired) electrons. The first kappa shape index (κ1) is 20.9. The van der Waals surface area contributed by atoms with Crippen LogP contribution in [0.15, 0.2) is 28.7 Å². The minimum absolute atomic E-state index is 0. The largest absolute Gasteiger partial charge is 0.355 e. The Morgan fingerprint density at radius 1 is 1.18 bits per heavy atom. The Morgan fingerprint density at radius 3 is 2.36 bits per heavy atom.